The molecule has 2 heteroatoms. The van der Waals surface area contributed by atoms with Crippen LogP contribution in [0.4, 0.5) is 17.1 Å². The van der Waals surface area contributed by atoms with Crippen molar-refractivity contribution < 1.29 is 4.42 Å². The molecule has 0 atom stereocenters. The molecule has 0 spiro atoms. The van der Waals surface area contributed by atoms with Crippen molar-refractivity contribution in [1.82, 2.24) is 0 Å². The summed E-state index contributed by atoms with van der Waals surface area (Å²) in [6.07, 6.45) is 0. The van der Waals surface area contributed by atoms with E-state index in [1.165, 1.54) is 60.7 Å². The van der Waals surface area contributed by atoms with Crippen LogP contribution < -0.4 is 4.90 Å². The summed E-state index contributed by atoms with van der Waals surface area (Å²) in [7, 11) is 0. The highest BCUT2D eigenvalue weighted by atomic mass is 16.3. The fourth-order valence-electron chi connectivity index (χ4n) is 10.0. The minimum absolute atomic E-state index is 0.152. The predicted octanol–water partition coefficient (Wildman–Crippen LogP) is 16.7. The minimum Gasteiger partial charge on any atom is -0.455 e. The van der Waals surface area contributed by atoms with Gasteiger partial charge in [0.2, 0.25) is 0 Å². The van der Waals surface area contributed by atoms with Crippen LogP contribution in [-0.4, -0.2) is 0 Å². The third-order valence-electron chi connectivity index (χ3n) is 13.1. The fraction of sp³-hybridized carbons (Fsp3) is 0.0508. The Labute approximate surface area is 355 Å². The van der Waals surface area contributed by atoms with Crippen LogP contribution in [0.2, 0.25) is 0 Å². The first-order valence-electron chi connectivity index (χ1n) is 21.2. The van der Waals surface area contributed by atoms with E-state index in [2.05, 4.69) is 231 Å². The second-order valence-corrected chi connectivity index (χ2v) is 16.9. The van der Waals surface area contributed by atoms with Gasteiger partial charge in [-0.1, -0.05) is 190 Å². The summed E-state index contributed by atoms with van der Waals surface area (Å²) in [6.45, 7) is 4.72. The number of fused-ring (bicyclic) bond motifs is 11. The molecule has 0 aliphatic heterocycles. The minimum atomic E-state index is -0.152. The standard InChI is InChI=1S/C59H41NO/c1-59(2)54-24-14-13-21-48(54)49-34-33-44(37-55(49)59)60(43-31-29-41(30-32-43)39-17-7-4-8-18-39)45-35-52(42-27-25-40(26-28-42)38-15-5-3-6-16-38)57-53(36-45)56-50-22-11-9-19-46(50)47-20-10-12-23-51(47)58(56)61-57/h3-37H,1-2H3. The number of hydrogen-bond acceptors (Lipinski definition) is 2. The Balaban J connectivity index is 1.14. The van der Waals surface area contributed by atoms with E-state index in [4.69, 9.17) is 4.42 Å². The molecule has 1 aromatic heterocycles. The molecule has 2 nitrogen and oxygen atoms in total. The third-order valence-corrected chi connectivity index (χ3v) is 13.1. The van der Waals surface area contributed by atoms with E-state index in [-0.39, 0.29) is 5.41 Å². The van der Waals surface area contributed by atoms with Crippen LogP contribution in [0, 0.1) is 0 Å². The fourth-order valence-corrected chi connectivity index (χ4v) is 10.0. The molecular weight excluding hydrogens is 739 g/mol. The molecule has 1 aliphatic rings. The molecule has 1 aliphatic carbocycles. The van der Waals surface area contributed by atoms with Crippen molar-refractivity contribution in [3.63, 3.8) is 0 Å². The maximum Gasteiger partial charge on any atom is 0.143 e. The summed E-state index contributed by atoms with van der Waals surface area (Å²) in [6, 6.07) is 77.3. The van der Waals surface area contributed by atoms with Gasteiger partial charge in [0, 0.05) is 44.2 Å². The lowest BCUT2D eigenvalue weighted by atomic mass is 9.82. The van der Waals surface area contributed by atoms with Gasteiger partial charge in [-0.25, -0.2) is 0 Å². The highest BCUT2D eigenvalue weighted by molar-refractivity contribution is 6.31. The van der Waals surface area contributed by atoms with Crippen molar-refractivity contribution in [3.8, 4) is 44.5 Å². The van der Waals surface area contributed by atoms with Gasteiger partial charge in [-0.2, -0.15) is 0 Å². The van der Waals surface area contributed by atoms with Gasteiger partial charge in [0.1, 0.15) is 11.2 Å². The Hall–Kier alpha value is -7.68. The lowest BCUT2D eigenvalue weighted by Crippen LogP contribution is -2.16. The van der Waals surface area contributed by atoms with E-state index in [0.29, 0.717) is 0 Å². The Bertz CT molecular complexity index is 3470. The monoisotopic (exact) mass is 779 g/mol. The zero-order chi connectivity index (χ0) is 40.7. The van der Waals surface area contributed by atoms with Crippen molar-refractivity contribution in [2.24, 2.45) is 0 Å². The SMILES string of the molecule is CC1(C)c2ccccc2-c2ccc(N(c3ccc(-c4ccccc4)cc3)c3cc(-c4ccc(-c5ccccc5)cc4)c4oc5c6ccccc6c6ccccc6c5c4c3)cc21. The Morgan fingerprint density at radius 3 is 1.52 bits per heavy atom. The first kappa shape index (κ1) is 35.3. The van der Waals surface area contributed by atoms with Crippen molar-refractivity contribution >= 4 is 60.5 Å². The van der Waals surface area contributed by atoms with Crippen molar-refractivity contribution in [2.45, 2.75) is 19.3 Å². The van der Waals surface area contributed by atoms with E-state index in [1.54, 1.807) is 0 Å². The van der Waals surface area contributed by atoms with Crippen LogP contribution in [0.5, 0.6) is 0 Å². The molecule has 0 fully saturated rings. The van der Waals surface area contributed by atoms with E-state index >= 15 is 0 Å². The predicted molar refractivity (Wildman–Crippen MR) is 257 cm³/mol. The first-order chi connectivity index (χ1) is 30.0. The van der Waals surface area contributed by atoms with Gasteiger partial charge < -0.3 is 9.32 Å². The van der Waals surface area contributed by atoms with E-state index < -0.39 is 0 Å². The van der Waals surface area contributed by atoms with Crippen molar-refractivity contribution in [1.29, 1.82) is 0 Å². The summed E-state index contributed by atoms with van der Waals surface area (Å²) in [5, 5.41) is 6.96. The molecule has 0 N–H and O–H groups in total. The molecule has 1 heterocycles. The van der Waals surface area contributed by atoms with Crippen LogP contribution in [-0.2, 0) is 5.41 Å². The molecule has 0 radical (unpaired) electrons. The van der Waals surface area contributed by atoms with Gasteiger partial charge in [-0.15, -0.1) is 0 Å². The molecule has 0 saturated heterocycles. The summed E-state index contributed by atoms with van der Waals surface area (Å²) in [4.78, 5) is 2.44. The Kier molecular flexibility index (Phi) is 7.92. The van der Waals surface area contributed by atoms with E-state index in [9.17, 15) is 0 Å². The summed E-state index contributed by atoms with van der Waals surface area (Å²) in [5.74, 6) is 0. The Morgan fingerprint density at radius 1 is 0.328 bits per heavy atom. The lowest BCUT2D eigenvalue weighted by molar-refractivity contribution is 0.660. The maximum atomic E-state index is 7.19. The van der Waals surface area contributed by atoms with Gasteiger partial charge >= 0.3 is 0 Å². The zero-order valence-electron chi connectivity index (χ0n) is 34.1. The maximum absolute atomic E-state index is 7.19. The molecule has 12 rings (SSSR count). The molecule has 0 bridgehead atoms. The highest BCUT2D eigenvalue weighted by Gasteiger charge is 2.36. The molecule has 11 aromatic rings. The number of benzene rings is 10. The Morgan fingerprint density at radius 2 is 0.836 bits per heavy atom. The molecule has 0 unspecified atom stereocenters. The number of nitrogens with zero attached hydrogens (tertiary/aromatic N) is 1. The molecule has 61 heavy (non-hydrogen) atoms. The van der Waals surface area contributed by atoms with Crippen molar-refractivity contribution in [2.75, 3.05) is 4.90 Å². The summed E-state index contributed by atoms with van der Waals surface area (Å²) < 4.78 is 7.19. The van der Waals surface area contributed by atoms with Gasteiger partial charge in [-0.3, -0.25) is 0 Å². The second-order valence-electron chi connectivity index (χ2n) is 16.9. The molecular formula is C59H41NO. The smallest absolute Gasteiger partial charge is 0.143 e. The third kappa shape index (κ3) is 5.56. The molecule has 10 aromatic carbocycles. The molecule has 288 valence electrons. The molecule has 0 amide bonds. The lowest BCUT2D eigenvalue weighted by Gasteiger charge is -2.29. The number of rotatable bonds is 6. The highest BCUT2D eigenvalue weighted by Crippen LogP contribution is 2.52. The van der Waals surface area contributed by atoms with Crippen LogP contribution >= 0.6 is 0 Å². The average molecular weight is 780 g/mol. The average Bonchev–Trinajstić information content (AvgIpc) is 3.82. The van der Waals surface area contributed by atoms with Gasteiger partial charge in [0.05, 0.1) is 0 Å². The zero-order valence-corrected chi connectivity index (χ0v) is 34.1. The van der Waals surface area contributed by atoms with E-state index in [1.807, 2.05) is 0 Å². The molecule has 0 saturated carbocycles. The van der Waals surface area contributed by atoms with E-state index in [0.717, 1.165) is 55.5 Å². The number of anilines is 3. The first-order valence-corrected chi connectivity index (χ1v) is 21.2. The largest absolute Gasteiger partial charge is 0.455 e. The quantitative estimate of drug-likeness (QED) is 0.156. The summed E-state index contributed by atoms with van der Waals surface area (Å²) in [5.41, 5.74) is 17.1. The van der Waals surface area contributed by atoms with Crippen LogP contribution in [0.25, 0.3) is 88.0 Å². The topological polar surface area (TPSA) is 16.4 Å². The normalized spacial score (nSPS) is 12.9. The number of furan rings is 1. The van der Waals surface area contributed by atoms with Crippen LogP contribution in [0.1, 0.15) is 25.0 Å². The van der Waals surface area contributed by atoms with Crippen LogP contribution in [0.15, 0.2) is 217 Å². The van der Waals surface area contributed by atoms with Gasteiger partial charge in [0.15, 0.2) is 0 Å². The van der Waals surface area contributed by atoms with Gasteiger partial charge in [0.25, 0.3) is 0 Å². The second kappa shape index (κ2) is 13.7. The van der Waals surface area contributed by atoms with Crippen molar-refractivity contribution in [3.05, 3.63) is 223 Å². The van der Waals surface area contributed by atoms with Gasteiger partial charge in [-0.05, 0) is 103 Å². The summed E-state index contributed by atoms with van der Waals surface area (Å²) >= 11 is 0. The van der Waals surface area contributed by atoms with Crippen LogP contribution in [0.3, 0.4) is 0 Å². The number of hydrogen-bond donors (Lipinski definition) is 0.